The lowest BCUT2D eigenvalue weighted by Gasteiger charge is -2.35. The minimum absolute atomic E-state index is 0.175. The molecule has 0 N–H and O–H groups in total. The Morgan fingerprint density at radius 1 is 0.793 bits per heavy atom. The minimum atomic E-state index is -2.94. The SMILES string of the molecule is CC1CCC(N2CC(C3CCC(S(C)(=O)=O)CC3)=C(C3CCCCC3)C2=O)CC1. The number of hydrogen-bond donors (Lipinski definition) is 0. The van der Waals surface area contributed by atoms with Gasteiger partial charge in [-0.15, -0.1) is 0 Å². The van der Waals surface area contributed by atoms with Crippen molar-refractivity contribution >= 4 is 15.7 Å². The van der Waals surface area contributed by atoms with E-state index in [1.54, 1.807) is 0 Å². The fourth-order valence-corrected chi connectivity index (χ4v) is 7.63. The van der Waals surface area contributed by atoms with E-state index in [0.717, 1.165) is 51.0 Å². The first-order valence-electron chi connectivity index (χ1n) is 12.1. The Balaban J connectivity index is 1.54. The predicted octanol–water partition coefficient (Wildman–Crippen LogP) is 4.89. The normalized spacial score (nSPS) is 35.4. The minimum Gasteiger partial charge on any atom is -0.332 e. The van der Waals surface area contributed by atoms with Crippen LogP contribution in [0.25, 0.3) is 0 Å². The van der Waals surface area contributed by atoms with Crippen LogP contribution in [0, 0.1) is 17.8 Å². The average molecular weight is 422 g/mol. The zero-order valence-electron chi connectivity index (χ0n) is 18.4. The van der Waals surface area contributed by atoms with Gasteiger partial charge in [0, 0.05) is 24.4 Å². The molecule has 0 aromatic rings. The summed E-state index contributed by atoms with van der Waals surface area (Å²) in [6.45, 7) is 3.16. The van der Waals surface area contributed by atoms with Gasteiger partial charge in [0.15, 0.2) is 0 Å². The summed E-state index contributed by atoms with van der Waals surface area (Å²) < 4.78 is 24.0. The van der Waals surface area contributed by atoms with Gasteiger partial charge in [-0.05, 0) is 87.5 Å². The van der Waals surface area contributed by atoms with E-state index < -0.39 is 9.84 Å². The van der Waals surface area contributed by atoms with E-state index in [4.69, 9.17) is 0 Å². The number of nitrogens with zero attached hydrogens (tertiary/aromatic N) is 1. The maximum Gasteiger partial charge on any atom is 0.250 e. The molecule has 0 atom stereocenters. The van der Waals surface area contributed by atoms with E-state index >= 15 is 0 Å². The zero-order valence-corrected chi connectivity index (χ0v) is 19.2. The Labute approximate surface area is 177 Å². The molecule has 4 rings (SSSR count). The maximum atomic E-state index is 13.6. The van der Waals surface area contributed by atoms with Crippen molar-refractivity contribution in [1.29, 1.82) is 0 Å². The van der Waals surface area contributed by atoms with Crippen molar-refractivity contribution in [3.05, 3.63) is 11.1 Å². The summed E-state index contributed by atoms with van der Waals surface area (Å²) in [5.41, 5.74) is 2.58. The lowest BCUT2D eigenvalue weighted by molar-refractivity contribution is -0.128. The van der Waals surface area contributed by atoms with E-state index in [0.29, 0.717) is 23.8 Å². The maximum absolute atomic E-state index is 13.6. The second-order valence-corrected chi connectivity index (χ2v) is 12.7. The summed E-state index contributed by atoms with van der Waals surface area (Å²) >= 11 is 0. The molecule has 0 bridgehead atoms. The molecule has 164 valence electrons. The molecule has 4 aliphatic rings. The molecule has 0 saturated heterocycles. The van der Waals surface area contributed by atoms with Gasteiger partial charge in [-0.2, -0.15) is 0 Å². The number of rotatable bonds is 4. The van der Waals surface area contributed by atoms with Crippen molar-refractivity contribution in [2.45, 2.75) is 102 Å². The van der Waals surface area contributed by atoms with Gasteiger partial charge >= 0.3 is 0 Å². The van der Waals surface area contributed by atoms with Gasteiger partial charge in [0.05, 0.1) is 5.25 Å². The van der Waals surface area contributed by atoms with Crippen molar-refractivity contribution in [3.63, 3.8) is 0 Å². The van der Waals surface area contributed by atoms with Crippen LogP contribution in [0.4, 0.5) is 0 Å². The first-order valence-corrected chi connectivity index (χ1v) is 14.0. The molecule has 4 nitrogen and oxygen atoms in total. The Hall–Kier alpha value is -0.840. The third-order valence-corrected chi connectivity index (χ3v) is 10.1. The molecule has 0 radical (unpaired) electrons. The molecule has 5 heteroatoms. The van der Waals surface area contributed by atoms with E-state index in [1.807, 2.05) is 0 Å². The highest BCUT2D eigenvalue weighted by atomic mass is 32.2. The predicted molar refractivity (Wildman–Crippen MR) is 117 cm³/mol. The Morgan fingerprint density at radius 3 is 2.00 bits per heavy atom. The van der Waals surface area contributed by atoms with Crippen molar-refractivity contribution in [2.24, 2.45) is 17.8 Å². The second-order valence-electron chi connectivity index (χ2n) is 10.4. The second kappa shape index (κ2) is 8.72. The molecular weight excluding hydrogens is 382 g/mol. The lowest BCUT2D eigenvalue weighted by Crippen LogP contribution is -2.40. The summed E-state index contributed by atoms with van der Waals surface area (Å²) in [6.07, 6.45) is 15.7. The summed E-state index contributed by atoms with van der Waals surface area (Å²) in [5.74, 6) is 2.00. The third kappa shape index (κ3) is 4.60. The summed E-state index contributed by atoms with van der Waals surface area (Å²) in [7, 11) is -2.94. The van der Waals surface area contributed by atoms with Crippen LogP contribution in [-0.2, 0) is 14.6 Å². The van der Waals surface area contributed by atoms with Gasteiger partial charge in [-0.3, -0.25) is 4.79 Å². The van der Waals surface area contributed by atoms with Gasteiger partial charge < -0.3 is 4.90 Å². The van der Waals surface area contributed by atoms with Crippen LogP contribution in [0.15, 0.2) is 11.1 Å². The van der Waals surface area contributed by atoms with Gasteiger partial charge in [0.1, 0.15) is 9.84 Å². The third-order valence-electron chi connectivity index (χ3n) is 8.39. The van der Waals surface area contributed by atoms with Crippen molar-refractivity contribution in [2.75, 3.05) is 12.8 Å². The van der Waals surface area contributed by atoms with E-state index in [2.05, 4.69) is 11.8 Å². The number of sulfone groups is 1. The monoisotopic (exact) mass is 421 g/mol. The van der Waals surface area contributed by atoms with Crippen LogP contribution in [0.2, 0.25) is 0 Å². The standard InChI is InChI=1S/C24H39NO3S/c1-17-8-12-20(13-9-17)25-16-22(18-10-14-21(15-11-18)29(2,27)28)23(24(25)26)19-6-4-3-5-7-19/h17-21H,3-16H2,1-2H3. The fourth-order valence-electron chi connectivity index (χ4n) is 6.50. The average Bonchev–Trinajstić information content (AvgIpc) is 3.06. The molecule has 3 saturated carbocycles. The molecular formula is C24H39NO3S. The Morgan fingerprint density at radius 2 is 1.41 bits per heavy atom. The first-order chi connectivity index (χ1) is 13.8. The molecule has 3 fully saturated rings. The largest absolute Gasteiger partial charge is 0.332 e. The smallest absolute Gasteiger partial charge is 0.250 e. The van der Waals surface area contributed by atoms with Crippen LogP contribution in [0.3, 0.4) is 0 Å². The molecule has 0 spiro atoms. The zero-order chi connectivity index (χ0) is 20.6. The van der Waals surface area contributed by atoms with Crippen molar-refractivity contribution in [1.82, 2.24) is 4.90 Å². The quantitative estimate of drug-likeness (QED) is 0.649. The van der Waals surface area contributed by atoms with Crippen LogP contribution in [0.1, 0.15) is 90.4 Å². The van der Waals surface area contributed by atoms with Gasteiger partial charge in [-0.25, -0.2) is 8.42 Å². The van der Waals surface area contributed by atoms with Gasteiger partial charge in [0.2, 0.25) is 0 Å². The molecule has 1 heterocycles. The van der Waals surface area contributed by atoms with Crippen LogP contribution >= 0.6 is 0 Å². The molecule has 0 aromatic carbocycles. The summed E-state index contributed by atoms with van der Waals surface area (Å²) in [5, 5.41) is -0.175. The van der Waals surface area contributed by atoms with E-state index in [-0.39, 0.29) is 5.25 Å². The first kappa shape index (κ1) is 21.4. The summed E-state index contributed by atoms with van der Waals surface area (Å²) in [4.78, 5) is 15.9. The highest BCUT2D eigenvalue weighted by Crippen LogP contribution is 2.44. The van der Waals surface area contributed by atoms with E-state index in [1.165, 1.54) is 62.3 Å². The highest BCUT2D eigenvalue weighted by Gasteiger charge is 2.42. The van der Waals surface area contributed by atoms with Gasteiger partial charge in [0.25, 0.3) is 5.91 Å². The van der Waals surface area contributed by atoms with Crippen molar-refractivity contribution in [3.8, 4) is 0 Å². The van der Waals surface area contributed by atoms with Crippen LogP contribution in [0.5, 0.6) is 0 Å². The molecule has 0 unspecified atom stereocenters. The number of carbonyl (C=O) groups is 1. The Bertz CT molecular complexity index is 734. The molecule has 1 aliphatic heterocycles. The van der Waals surface area contributed by atoms with Crippen LogP contribution < -0.4 is 0 Å². The topological polar surface area (TPSA) is 54.5 Å². The molecule has 3 aliphatic carbocycles. The van der Waals surface area contributed by atoms with Crippen LogP contribution in [-0.4, -0.2) is 43.3 Å². The number of carbonyl (C=O) groups excluding carboxylic acids is 1. The molecule has 0 aromatic heterocycles. The molecule has 29 heavy (non-hydrogen) atoms. The van der Waals surface area contributed by atoms with Crippen molar-refractivity contribution < 1.29 is 13.2 Å². The highest BCUT2D eigenvalue weighted by molar-refractivity contribution is 7.91. The fraction of sp³-hybridized carbons (Fsp3) is 0.875. The number of hydrogen-bond acceptors (Lipinski definition) is 3. The Kier molecular flexibility index (Phi) is 6.44. The number of amides is 1. The summed E-state index contributed by atoms with van der Waals surface area (Å²) in [6, 6.07) is 0.419. The molecule has 1 amide bonds. The lowest BCUT2D eigenvalue weighted by atomic mass is 9.76. The van der Waals surface area contributed by atoms with E-state index in [9.17, 15) is 13.2 Å². The van der Waals surface area contributed by atoms with Gasteiger partial charge in [-0.1, -0.05) is 26.2 Å².